The second-order valence-electron chi connectivity index (χ2n) is 6.10. The normalized spacial score (nSPS) is 30.4. The Morgan fingerprint density at radius 2 is 2.11 bits per heavy atom. The number of nitrogens with zero attached hydrogens (tertiary/aromatic N) is 3. The summed E-state index contributed by atoms with van der Waals surface area (Å²) < 4.78 is 5.80. The van der Waals surface area contributed by atoms with E-state index in [2.05, 4.69) is 28.9 Å². The maximum absolute atomic E-state index is 8.83. The molecular formula is C13H26N4O2. The first-order valence-electron chi connectivity index (χ1n) is 7.04. The summed E-state index contributed by atoms with van der Waals surface area (Å²) in [6.45, 7) is 7.89. The first-order chi connectivity index (χ1) is 9.03. The minimum absolute atomic E-state index is 0.157. The average molecular weight is 270 g/mol. The molecule has 0 aromatic rings. The summed E-state index contributed by atoms with van der Waals surface area (Å²) in [4.78, 5) is 4.74. The third kappa shape index (κ3) is 3.58. The van der Waals surface area contributed by atoms with Crippen LogP contribution < -0.4 is 5.73 Å². The molecule has 1 atom stereocenters. The first-order valence-corrected chi connectivity index (χ1v) is 7.04. The molecule has 6 heteroatoms. The Hall–Kier alpha value is -0.850. The van der Waals surface area contributed by atoms with E-state index in [1.165, 1.54) is 0 Å². The molecule has 2 heterocycles. The van der Waals surface area contributed by atoms with E-state index in [1.807, 2.05) is 0 Å². The van der Waals surface area contributed by atoms with Crippen LogP contribution in [0, 0.1) is 5.41 Å². The fraction of sp³-hybridized carbons (Fsp3) is 0.923. The van der Waals surface area contributed by atoms with Crippen LogP contribution in [-0.2, 0) is 4.74 Å². The topological polar surface area (TPSA) is 74.3 Å². The van der Waals surface area contributed by atoms with Gasteiger partial charge in [-0.05, 0) is 33.0 Å². The number of nitrogens with two attached hydrogens (primary N) is 1. The maximum atomic E-state index is 8.83. The minimum atomic E-state index is -0.157. The van der Waals surface area contributed by atoms with E-state index in [0.29, 0.717) is 11.9 Å². The largest absolute Gasteiger partial charge is 0.409 e. The molecular weight excluding hydrogens is 244 g/mol. The van der Waals surface area contributed by atoms with E-state index in [1.54, 1.807) is 0 Å². The highest BCUT2D eigenvalue weighted by Crippen LogP contribution is 2.31. The Morgan fingerprint density at radius 3 is 2.68 bits per heavy atom. The SMILES string of the molecule is CN1CCOC(CN2CCC(C)(C(N)=NO)CC2)C1. The van der Waals surface area contributed by atoms with Crippen LogP contribution in [0.5, 0.6) is 0 Å². The third-order valence-corrected chi connectivity index (χ3v) is 4.49. The van der Waals surface area contributed by atoms with Gasteiger partial charge in [-0.25, -0.2) is 0 Å². The predicted molar refractivity (Wildman–Crippen MR) is 74.4 cm³/mol. The number of morpholine rings is 1. The van der Waals surface area contributed by atoms with E-state index >= 15 is 0 Å². The summed E-state index contributed by atoms with van der Waals surface area (Å²) in [5.74, 6) is 0.362. The number of likely N-dealkylation sites (tertiary alicyclic amines) is 1. The van der Waals surface area contributed by atoms with Gasteiger partial charge < -0.3 is 25.5 Å². The summed E-state index contributed by atoms with van der Waals surface area (Å²) in [5.41, 5.74) is 5.62. The van der Waals surface area contributed by atoms with Gasteiger partial charge in [0, 0.05) is 25.0 Å². The van der Waals surface area contributed by atoms with E-state index in [4.69, 9.17) is 15.7 Å². The molecule has 0 aliphatic carbocycles. The van der Waals surface area contributed by atoms with E-state index in [-0.39, 0.29) is 5.41 Å². The summed E-state index contributed by atoms with van der Waals surface area (Å²) in [6, 6.07) is 0. The zero-order chi connectivity index (χ0) is 13.9. The molecule has 3 N–H and O–H groups in total. The summed E-state index contributed by atoms with van der Waals surface area (Å²) in [7, 11) is 2.14. The predicted octanol–water partition coefficient (Wildman–Crippen LogP) is 0.166. The Kier molecular flexibility index (Phi) is 4.65. The number of hydrogen-bond donors (Lipinski definition) is 2. The van der Waals surface area contributed by atoms with E-state index < -0.39 is 0 Å². The van der Waals surface area contributed by atoms with Crippen molar-refractivity contribution in [1.82, 2.24) is 9.80 Å². The molecule has 0 spiro atoms. The summed E-state index contributed by atoms with van der Waals surface area (Å²) >= 11 is 0. The molecule has 1 unspecified atom stereocenters. The number of hydrogen-bond acceptors (Lipinski definition) is 5. The Labute approximate surface area is 115 Å². The molecule has 2 aliphatic heterocycles. The minimum Gasteiger partial charge on any atom is -0.409 e. The first kappa shape index (κ1) is 14.6. The number of amidine groups is 1. The second-order valence-corrected chi connectivity index (χ2v) is 6.10. The number of piperidine rings is 1. The highest BCUT2D eigenvalue weighted by atomic mass is 16.5. The van der Waals surface area contributed by atoms with Crippen LogP contribution in [0.4, 0.5) is 0 Å². The molecule has 0 saturated carbocycles. The molecule has 19 heavy (non-hydrogen) atoms. The molecule has 2 fully saturated rings. The van der Waals surface area contributed by atoms with Crippen molar-refractivity contribution in [2.45, 2.75) is 25.9 Å². The standard InChI is InChI=1S/C13H26N4O2/c1-13(12(14)15-18)3-5-17(6-4-13)10-11-9-16(2)7-8-19-11/h11,18H,3-10H2,1-2H3,(H2,14,15). The molecule has 0 bridgehead atoms. The van der Waals surface area contributed by atoms with Gasteiger partial charge in [0.15, 0.2) is 0 Å². The maximum Gasteiger partial charge on any atom is 0.145 e. The van der Waals surface area contributed by atoms with Crippen LogP contribution in [0.3, 0.4) is 0 Å². The third-order valence-electron chi connectivity index (χ3n) is 4.49. The molecule has 110 valence electrons. The summed E-state index contributed by atoms with van der Waals surface area (Å²) in [5, 5.41) is 12.0. The average Bonchev–Trinajstić information content (AvgIpc) is 2.41. The van der Waals surface area contributed by atoms with Crippen molar-refractivity contribution in [3.63, 3.8) is 0 Å². The lowest BCUT2D eigenvalue weighted by Gasteiger charge is -2.40. The zero-order valence-electron chi connectivity index (χ0n) is 12.0. The molecule has 0 aromatic carbocycles. The molecule has 6 nitrogen and oxygen atoms in total. The second kappa shape index (κ2) is 6.07. The molecule has 0 radical (unpaired) electrons. The van der Waals surface area contributed by atoms with Gasteiger partial charge >= 0.3 is 0 Å². The number of likely N-dealkylation sites (N-methyl/N-ethyl adjacent to an activating group) is 1. The number of oxime groups is 1. The smallest absolute Gasteiger partial charge is 0.145 e. The van der Waals surface area contributed by atoms with Gasteiger partial charge in [-0.3, -0.25) is 0 Å². The molecule has 0 amide bonds. The summed E-state index contributed by atoms with van der Waals surface area (Å²) in [6.07, 6.45) is 2.18. The van der Waals surface area contributed by atoms with Crippen LogP contribution in [0.1, 0.15) is 19.8 Å². The number of rotatable bonds is 3. The van der Waals surface area contributed by atoms with Crippen molar-refractivity contribution in [3.05, 3.63) is 0 Å². The fourth-order valence-electron chi connectivity index (χ4n) is 2.87. The van der Waals surface area contributed by atoms with Gasteiger partial charge in [0.05, 0.1) is 12.7 Å². The number of ether oxygens (including phenoxy) is 1. The van der Waals surface area contributed by atoms with Gasteiger partial charge in [-0.1, -0.05) is 12.1 Å². The monoisotopic (exact) mass is 270 g/mol. The van der Waals surface area contributed by atoms with Crippen molar-refractivity contribution >= 4 is 5.84 Å². The van der Waals surface area contributed by atoms with Crippen molar-refractivity contribution in [2.75, 3.05) is 46.4 Å². The van der Waals surface area contributed by atoms with Crippen LogP contribution in [0.15, 0.2) is 5.16 Å². The van der Waals surface area contributed by atoms with Crippen LogP contribution in [0.25, 0.3) is 0 Å². The highest BCUT2D eigenvalue weighted by molar-refractivity contribution is 5.85. The molecule has 0 aromatic heterocycles. The highest BCUT2D eigenvalue weighted by Gasteiger charge is 2.35. The lowest BCUT2D eigenvalue weighted by molar-refractivity contribution is -0.0404. The van der Waals surface area contributed by atoms with E-state index in [0.717, 1.165) is 52.2 Å². The van der Waals surface area contributed by atoms with Crippen LogP contribution >= 0.6 is 0 Å². The van der Waals surface area contributed by atoms with Crippen LogP contribution in [0.2, 0.25) is 0 Å². The Bertz CT molecular complexity index is 327. The van der Waals surface area contributed by atoms with Crippen molar-refractivity contribution in [2.24, 2.45) is 16.3 Å². The van der Waals surface area contributed by atoms with Crippen molar-refractivity contribution < 1.29 is 9.94 Å². The lowest BCUT2D eigenvalue weighted by atomic mass is 9.79. The van der Waals surface area contributed by atoms with Crippen LogP contribution in [-0.4, -0.2) is 73.3 Å². The Morgan fingerprint density at radius 1 is 1.42 bits per heavy atom. The van der Waals surface area contributed by atoms with Gasteiger partial charge in [0.2, 0.25) is 0 Å². The van der Waals surface area contributed by atoms with Gasteiger partial charge in [-0.15, -0.1) is 0 Å². The fourth-order valence-corrected chi connectivity index (χ4v) is 2.87. The van der Waals surface area contributed by atoms with Crippen molar-refractivity contribution in [1.29, 1.82) is 0 Å². The van der Waals surface area contributed by atoms with Gasteiger partial charge in [0.1, 0.15) is 5.84 Å². The quantitative estimate of drug-likeness (QED) is 0.331. The lowest BCUT2D eigenvalue weighted by Crippen LogP contribution is -2.50. The molecule has 2 rings (SSSR count). The van der Waals surface area contributed by atoms with Gasteiger partial charge in [-0.2, -0.15) is 0 Å². The van der Waals surface area contributed by atoms with E-state index in [9.17, 15) is 0 Å². The van der Waals surface area contributed by atoms with Crippen molar-refractivity contribution in [3.8, 4) is 0 Å². The zero-order valence-corrected chi connectivity index (χ0v) is 12.0. The molecule has 2 saturated heterocycles. The molecule has 2 aliphatic rings. The van der Waals surface area contributed by atoms with Gasteiger partial charge in [0.25, 0.3) is 0 Å². The Balaban J connectivity index is 1.80.